The molecule has 0 spiro atoms. The molecule has 0 saturated heterocycles. The molecule has 2 aromatic rings. The van der Waals surface area contributed by atoms with Gasteiger partial charge in [-0.3, -0.25) is 4.79 Å². The first-order chi connectivity index (χ1) is 13.6. The first-order valence-electron chi connectivity index (χ1n) is 9.17. The fourth-order valence-corrected chi connectivity index (χ4v) is 3.09. The van der Waals surface area contributed by atoms with Crippen molar-refractivity contribution >= 4 is 46.4 Å². The van der Waals surface area contributed by atoms with Crippen LogP contribution in [0.15, 0.2) is 30.3 Å². The van der Waals surface area contributed by atoms with Gasteiger partial charge in [0.05, 0.1) is 17.3 Å². The molecule has 0 heterocycles. The molecule has 2 N–H and O–H groups in total. The third kappa shape index (κ3) is 7.50. The number of amides is 1. The summed E-state index contributed by atoms with van der Waals surface area (Å²) in [7, 11) is 0. The van der Waals surface area contributed by atoms with E-state index in [9.17, 15) is 4.79 Å². The summed E-state index contributed by atoms with van der Waals surface area (Å²) in [5.41, 5.74) is 1.16. The van der Waals surface area contributed by atoms with Crippen molar-refractivity contribution in [2.45, 2.75) is 39.8 Å². The van der Waals surface area contributed by atoms with Gasteiger partial charge >= 0.3 is 0 Å². The van der Waals surface area contributed by atoms with Crippen LogP contribution in [-0.2, 0) is 11.3 Å². The van der Waals surface area contributed by atoms with Gasteiger partial charge in [0.25, 0.3) is 5.91 Å². The molecule has 1 amide bonds. The Balaban J connectivity index is 2.14. The second-order valence-corrected chi connectivity index (χ2v) is 8.64. The maximum absolute atomic E-state index is 12.0. The lowest BCUT2D eigenvalue weighted by Gasteiger charge is -2.21. The molecule has 0 unspecified atom stereocenters. The van der Waals surface area contributed by atoms with Crippen molar-refractivity contribution in [1.82, 2.24) is 5.32 Å². The summed E-state index contributed by atoms with van der Waals surface area (Å²) in [4.78, 5) is 12.0. The van der Waals surface area contributed by atoms with Crippen LogP contribution in [0.4, 0.5) is 5.69 Å². The van der Waals surface area contributed by atoms with Crippen LogP contribution >= 0.6 is 34.8 Å². The summed E-state index contributed by atoms with van der Waals surface area (Å²) in [5, 5.41) is 7.67. The standard InChI is InChI=1S/C21H25Cl3N2O3/c1-5-28-18-8-13(11-25-17-9-14(22)6-7-15(17)23)16(24)10-19(18)29-12-20(27)26-21(2,3)4/h6-10,25H,5,11-12H2,1-4H3,(H,26,27). The SMILES string of the molecule is CCOc1cc(CNc2cc(Cl)ccc2Cl)c(Cl)cc1OCC(=O)NC(C)(C)C. The van der Waals surface area contributed by atoms with E-state index >= 15 is 0 Å². The van der Waals surface area contributed by atoms with Gasteiger partial charge in [-0.1, -0.05) is 34.8 Å². The second-order valence-electron chi connectivity index (χ2n) is 7.39. The molecule has 29 heavy (non-hydrogen) atoms. The predicted octanol–water partition coefficient (Wildman–Crippen LogP) is 5.95. The van der Waals surface area contributed by atoms with E-state index in [0.29, 0.717) is 45.4 Å². The summed E-state index contributed by atoms with van der Waals surface area (Å²) in [6.07, 6.45) is 0. The predicted molar refractivity (Wildman–Crippen MR) is 120 cm³/mol. The van der Waals surface area contributed by atoms with Gasteiger partial charge in [0.2, 0.25) is 0 Å². The Morgan fingerprint density at radius 1 is 1.00 bits per heavy atom. The van der Waals surface area contributed by atoms with Crippen LogP contribution in [0.5, 0.6) is 11.5 Å². The van der Waals surface area contributed by atoms with Crippen molar-refractivity contribution in [3.8, 4) is 11.5 Å². The summed E-state index contributed by atoms with van der Waals surface area (Å²) >= 11 is 18.6. The van der Waals surface area contributed by atoms with Gasteiger partial charge in [-0.05, 0) is 57.5 Å². The molecule has 2 aromatic carbocycles. The maximum atomic E-state index is 12.0. The molecule has 0 radical (unpaired) electrons. The normalized spacial score (nSPS) is 11.1. The fraction of sp³-hybridized carbons (Fsp3) is 0.381. The molecule has 0 fully saturated rings. The van der Waals surface area contributed by atoms with E-state index in [2.05, 4.69) is 10.6 Å². The highest BCUT2D eigenvalue weighted by Gasteiger charge is 2.16. The van der Waals surface area contributed by atoms with E-state index in [-0.39, 0.29) is 18.1 Å². The minimum atomic E-state index is -0.335. The van der Waals surface area contributed by atoms with Crippen LogP contribution in [0.25, 0.3) is 0 Å². The summed E-state index contributed by atoms with van der Waals surface area (Å²) in [6.45, 7) is 8.30. The average Bonchev–Trinajstić information content (AvgIpc) is 2.61. The van der Waals surface area contributed by atoms with Crippen molar-refractivity contribution in [2.75, 3.05) is 18.5 Å². The van der Waals surface area contributed by atoms with Crippen LogP contribution in [0.2, 0.25) is 15.1 Å². The number of hydrogen-bond acceptors (Lipinski definition) is 4. The second kappa shape index (κ2) is 10.3. The quantitative estimate of drug-likeness (QED) is 0.512. The fourth-order valence-electron chi connectivity index (χ4n) is 2.51. The molecule has 0 aliphatic heterocycles. The number of halogens is 3. The number of nitrogens with one attached hydrogen (secondary N) is 2. The maximum Gasteiger partial charge on any atom is 0.258 e. The third-order valence-corrected chi connectivity index (χ3v) is 4.60. The first kappa shape index (κ1) is 23.5. The van der Waals surface area contributed by atoms with Gasteiger partial charge in [0.15, 0.2) is 18.1 Å². The Bertz CT molecular complexity index is 867. The van der Waals surface area contributed by atoms with Crippen molar-refractivity contribution in [1.29, 1.82) is 0 Å². The van der Waals surface area contributed by atoms with Crippen molar-refractivity contribution in [3.05, 3.63) is 51.0 Å². The monoisotopic (exact) mass is 458 g/mol. The molecule has 8 heteroatoms. The lowest BCUT2D eigenvalue weighted by Crippen LogP contribution is -2.43. The van der Waals surface area contributed by atoms with Crippen LogP contribution in [0.1, 0.15) is 33.3 Å². The highest BCUT2D eigenvalue weighted by Crippen LogP contribution is 2.34. The van der Waals surface area contributed by atoms with Crippen molar-refractivity contribution in [2.24, 2.45) is 0 Å². The van der Waals surface area contributed by atoms with Gasteiger partial charge in [-0.15, -0.1) is 0 Å². The van der Waals surface area contributed by atoms with Gasteiger partial charge in [-0.2, -0.15) is 0 Å². The molecule has 0 aliphatic rings. The third-order valence-electron chi connectivity index (χ3n) is 3.68. The van der Waals surface area contributed by atoms with E-state index in [4.69, 9.17) is 44.3 Å². The van der Waals surface area contributed by atoms with Gasteiger partial charge in [-0.25, -0.2) is 0 Å². The number of ether oxygens (including phenoxy) is 2. The average molecular weight is 460 g/mol. The first-order valence-corrected chi connectivity index (χ1v) is 10.3. The number of carbonyl (C=O) groups is 1. The van der Waals surface area contributed by atoms with Crippen LogP contribution in [-0.4, -0.2) is 24.7 Å². The zero-order valence-electron chi connectivity index (χ0n) is 16.9. The highest BCUT2D eigenvalue weighted by atomic mass is 35.5. The van der Waals surface area contributed by atoms with Gasteiger partial charge in [0.1, 0.15) is 0 Å². The summed E-state index contributed by atoms with van der Waals surface area (Å²) < 4.78 is 11.3. The zero-order valence-corrected chi connectivity index (χ0v) is 19.1. The van der Waals surface area contributed by atoms with Crippen LogP contribution < -0.4 is 20.1 Å². The van der Waals surface area contributed by atoms with Crippen molar-refractivity contribution < 1.29 is 14.3 Å². The Kier molecular flexibility index (Phi) is 8.32. The lowest BCUT2D eigenvalue weighted by atomic mass is 10.1. The molecule has 5 nitrogen and oxygen atoms in total. The molecule has 0 atom stereocenters. The molecule has 0 aromatic heterocycles. The molecule has 0 saturated carbocycles. The van der Waals surface area contributed by atoms with Crippen LogP contribution in [0.3, 0.4) is 0 Å². The van der Waals surface area contributed by atoms with E-state index in [1.807, 2.05) is 27.7 Å². The Labute approximate surface area is 186 Å². The minimum absolute atomic E-state index is 0.136. The Morgan fingerprint density at radius 3 is 2.34 bits per heavy atom. The topological polar surface area (TPSA) is 59.6 Å². The number of benzene rings is 2. The Morgan fingerprint density at radius 2 is 1.69 bits per heavy atom. The molecule has 0 aliphatic carbocycles. The highest BCUT2D eigenvalue weighted by molar-refractivity contribution is 6.35. The molecular weight excluding hydrogens is 435 g/mol. The van der Waals surface area contributed by atoms with E-state index in [1.165, 1.54) is 0 Å². The number of carbonyl (C=O) groups excluding carboxylic acids is 1. The molecule has 158 valence electrons. The van der Waals surface area contributed by atoms with E-state index < -0.39 is 0 Å². The van der Waals surface area contributed by atoms with Crippen LogP contribution in [0, 0.1) is 0 Å². The molecule has 2 rings (SSSR count). The van der Waals surface area contributed by atoms with E-state index in [0.717, 1.165) is 5.56 Å². The van der Waals surface area contributed by atoms with Gasteiger partial charge < -0.3 is 20.1 Å². The Hall–Kier alpha value is -1.82. The van der Waals surface area contributed by atoms with Gasteiger partial charge in [0, 0.05) is 28.2 Å². The summed E-state index contributed by atoms with van der Waals surface area (Å²) in [6, 6.07) is 8.62. The van der Waals surface area contributed by atoms with Crippen molar-refractivity contribution in [3.63, 3.8) is 0 Å². The lowest BCUT2D eigenvalue weighted by molar-refractivity contribution is -0.124. The largest absolute Gasteiger partial charge is 0.490 e. The molecular formula is C21H25Cl3N2O3. The smallest absolute Gasteiger partial charge is 0.258 e. The number of hydrogen-bond donors (Lipinski definition) is 2. The van der Waals surface area contributed by atoms with E-state index in [1.54, 1.807) is 30.3 Å². The number of rotatable bonds is 8. The minimum Gasteiger partial charge on any atom is -0.490 e. The zero-order chi connectivity index (χ0) is 21.6. The number of anilines is 1. The molecule has 0 bridgehead atoms. The summed E-state index contributed by atoms with van der Waals surface area (Å²) in [5.74, 6) is 0.692.